The van der Waals surface area contributed by atoms with E-state index in [4.69, 9.17) is 4.74 Å². The van der Waals surface area contributed by atoms with Crippen molar-refractivity contribution in [1.82, 2.24) is 10.6 Å². The molecule has 1 atom stereocenters. The van der Waals surface area contributed by atoms with Crippen LogP contribution in [-0.4, -0.2) is 30.5 Å². The molecule has 0 aliphatic heterocycles. The molecule has 5 heteroatoms. The highest BCUT2D eigenvalue weighted by Gasteiger charge is 2.26. The maximum Gasteiger partial charge on any atom is 0.251 e. The Hall–Kier alpha value is -2.04. The van der Waals surface area contributed by atoms with Crippen molar-refractivity contribution in [2.24, 2.45) is 5.92 Å². The number of carbonyl (C=O) groups is 2. The zero-order chi connectivity index (χ0) is 18.9. The SMILES string of the molecule is CCOc1ccc(C(=O)NC(C(=O)NC2CCCCCC2)C(C)C)cc1. The summed E-state index contributed by atoms with van der Waals surface area (Å²) < 4.78 is 5.40. The molecule has 0 saturated heterocycles. The Bertz CT molecular complexity index is 575. The molecular weight excluding hydrogens is 328 g/mol. The minimum absolute atomic E-state index is 0.0208. The predicted octanol–water partition coefficient (Wildman–Crippen LogP) is 3.68. The molecule has 0 radical (unpaired) electrons. The number of amides is 2. The Balaban J connectivity index is 1.97. The molecule has 2 rings (SSSR count). The van der Waals surface area contributed by atoms with Gasteiger partial charge >= 0.3 is 0 Å². The summed E-state index contributed by atoms with van der Waals surface area (Å²) in [4.78, 5) is 25.3. The highest BCUT2D eigenvalue weighted by Crippen LogP contribution is 2.18. The second-order valence-corrected chi connectivity index (χ2v) is 7.35. The van der Waals surface area contributed by atoms with Crippen LogP contribution in [0.1, 0.15) is 69.7 Å². The molecule has 0 spiro atoms. The van der Waals surface area contributed by atoms with Gasteiger partial charge in [0.25, 0.3) is 5.91 Å². The van der Waals surface area contributed by atoms with Gasteiger partial charge < -0.3 is 15.4 Å². The number of hydrogen-bond acceptors (Lipinski definition) is 3. The van der Waals surface area contributed by atoms with Crippen LogP contribution in [0, 0.1) is 5.92 Å². The number of nitrogens with one attached hydrogen (secondary N) is 2. The summed E-state index contributed by atoms with van der Waals surface area (Å²) in [5.74, 6) is 0.442. The summed E-state index contributed by atoms with van der Waals surface area (Å²) in [6, 6.07) is 6.69. The van der Waals surface area contributed by atoms with Crippen LogP contribution in [0.4, 0.5) is 0 Å². The molecule has 1 saturated carbocycles. The molecule has 1 aliphatic rings. The maximum atomic E-state index is 12.7. The molecule has 2 N–H and O–H groups in total. The Kier molecular flexibility index (Phi) is 7.95. The zero-order valence-corrected chi connectivity index (χ0v) is 16.2. The summed E-state index contributed by atoms with van der Waals surface area (Å²) in [5, 5.41) is 6.05. The minimum atomic E-state index is -0.530. The minimum Gasteiger partial charge on any atom is -0.494 e. The lowest BCUT2D eigenvalue weighted by molar-refractivity contribution is -0.124. The van der Waals surface area contributed by atoms with Crippen molar-refractivity contribution < 1.29 is 14.3 Å². The van der Waals surface area contributed by atoms with Crippen LogP contribution in [0.2, 0.25) is 0 Å². The first-order valence-corrected chi connectivity index (χ1v) is 9.85. The van der Waals surface area contributed by atoms with Gasteiger partial charge in [-0.15, -0.1) is 0 Å². The van der Waals surface area contributed by atoms with E-state index in [2.05, 4.69) is 10.6 Å². The third kappa shape index (κ3) is 6.04. The van der Waals surface area contributed by atoms with Gasteiger partial charge in [-0.2, -0.15) is 0 Å². The molecule has 1 aromatic rings. The van der Waals surface area contributed by atoms with E-state index in [1.807, 2.05) is 20.8 Å². The van der Waals surface area contributed by atoms with Gasteiger partial charge in [0.1, 0.15) is 11.8 Å². The van der Waals surface area contributed by atoms with Crippen LogP contribution in [-0.2, 0) is 4.79 Å². The van der Waals surface area contributed by atoms with Gasteiger partial charge in [0.05, 0.1) is 6.61 Å². The van der Waals surface area contributed by atoms with Gasteiger partial charge in [0.15, 0.2) is 0 Å². The van der Waals surface area contributed by atoms with Crippen LogP contribution < -0.4 is 15.4 Å². The van der Waals surface area contributed by atoms with E-state index >= 15 is 0 Å². The number of hydrogen-bond donors (Lipinski definition) is 2. The fraction of sp³-hybridized carbons (Fsp3) is 0.619. The first kappa shape index (κ1) is 20.3. The van der Waals surface area contributed by atoms with Crippen molar-refractivity contribution in [1.29, 1.82) is 0 Å². The van der Waals surface area contributed by atoms with Gasteiger partial charge in [0.2, 0.25) is 5.91 Å². The Morgan fingerprint density at radius 1 is 1.08 bits per heavy atom. The lowest BCUT2D eigenvalue weighted by Crippen LogP contribution is -2.52. The third-order valence-corrected chi connectivity index (χ3v) is 4.86. The van der Waals surface area contributed by atoms with Gasteiger partial charge in [0, 0.05) is 11.6 Å². The molecule has 0 heterocycles. The lowest BCUT2D eigenvalue weighted by Gasteiger charge is -2.25. The second kappa shape index (κ2) is 10.2. The molecule has 144 valence electrons. The van der Waals surface area contributed by atoms with Gasteiger partial charge in [-0.05, 0) is 49.9 Å². The topological polar surface area (TPSA) is 67.4 Å². The van der Waals surface area contributed by atoms with Crippen LogP contribution in [0.15, 0.2) is 24.3 Å². The monoisotopic (exact) mass is 360 g/mol. The molecular formula is C21H32N2O3. The molecule has 1 unspecified atom stereocenters. The Morgan fingerprint density at radius 2 is 1.69 bits per heavy atom. The molecule has 2 amide bonds. The van der Waals surface area contributed by atoms with E-state index in [9.17, 15) is 9.59 Å². The maximum absolute atomic E-state index is 12.7. The lowest BCUT2D eigenvalue weighted by atomic mass is 10.0. The molecule has 0 bridgehead atoms. The smallest absolute Gasteiger partial charge is 0.251 e. The molecule has 5 nitrogen and oxygen atoms in total. The van der Waals surface area contributed by atoms with Gasteiger partial charge in [-0.3, -0.25) is 9.59 Å². The number of carbonyl (C=O) groups excluding carboxylic acids is 2. The largest absolute Gasteiger partial charge is 0.494 e. The molecule has 1 aromatic carbocycles. The highest BCUT2D eigenvalue weighted by molar-refractivity contribution is 5.97. The normalized spacial score (nSPS) is 16.6. The number of rotatable bonds is 7. The van der Waals surface area contributed by atoms with E-state index in [0.717, 1.165) is 31.4 Å². The van der Waals surface area contributed by atoms with E-state index in [-0.39, 0.29) is 23.8 Å². The van der Waals surface area contributed by atoms with E-state index in [1.54, 1.807) is 24.3 Å². The first-order valence-electron chi connectivity index (χ1n) is 9.85. The van der Waals surface area contributed by atoms with Gasteiger partial charge in [-0.25, -0.2) is 0 Å². The standard InChI is InChI=1S/C21H32N2O3/c1-4-26-18-13-11-16(12-14-18)20(24)23-19(15(2)3)21(25)22-17-9-7-5-6-8-10-17/h11-15,17,19H,4-10H2,1-3H3,(H,22,25)(H,23,24). The Morgan fingerprint density at radius 3 is 2.23 bits per heavy atom. The first-order chi connectivity index (χ1) is 12.5. The highest BCUT2D eigenvalue weighted by atomic mass is 16.5. The zero-order valence-electron chi connectivity index (χ0n) is 16.2. The fourth-order valence-electron chi connectivity index (χ4n) is 3.34. The van der Waals surface area contributed by atoms with Crippen LogP contribution in [0.25, 0.3) is 0 Å². The van der Waals surface area contributed by atoms with Crippen LogP contribution >= 0.6 is 0 Å². The quantitative estimate of drug-likeness (QED) is 0.729. The second-order valence-electron chi connectivity index (χ2n) is 7.35. The van der Waals surface area contributed by atoms with E-state index in [0.29, 0.717) is 12.2 Å². The summed E-state index contributed by atoms with van der Waals surface area (Å²) in [6.45, 7) is 6.41. The van der Waals surface area contributed by atoms with Gasteiger partial charge in [-0.1, -0.05) is 39.5 Å². The average Bonchev–Trinajstić information content (AvgIpc) is 2.88. The van der Waals surface area contributed by atoms with E-state index in [1.165, 1.54) is 12.8 Å². The van der Waals surface area contributed by atoms with Crippen molar-refractivity contribution in [3.8, 4) is 5.75 Å². The van der Waals surface area contributed by atoms with Crippen molar-refractivity contribution in [2.45, 2.75) is 71.4 Å². The number of benzene rings is 1. The summed E-state index contributed by atoms with van der Waals surface area (Å²) >= 11 is 0. The molecule has 1 aliphatic carbocycles. The third-order valence-electron chi connectivity index (χ3n) is 4.86. The molecule has 26 heavy (non-hydrogen) atoms. The molecule has 0 aromatic heterocycles. The van der Waals surface area contributed by atoms with Crippen molar-refractivity contribution in [2.75, 3.05) is 6.61 Å². The summed E-state index contributed by atoms with van der Waals surface area (Å²) in [7, 11) is 0. The van der Waals surface area contributed by atoms with Crippen molar-refractivity contribution in [3.63, 3.8) is 0 Å². The molecule has 1 fully saturated rings. The average molecular weight is 360 g/mol. The predicted molar refractivity (Wildman–Crippen MR) is 103 cm³/mol. The summed E-state index contributed by atoms with van der Waals surface area (Å²) in [6.07, 6.45) is 6.88. The number of ether oxygens (including phenoxy) is 1. The van der Waals surface area contributed by atoms with Crippen LogP contribution in [0.3, 0.4) is 0 Å². The summed E-state index contributed by atoms with van der Waals surface area (Å²) in [5.41, 5.74) is 0.529. The van der Waals surface area contributed by atoms with Crippen molar-refractivity contribution >= 4 is 11.8 Å². The Labute approximate surface area is 156 Å². The van der Waals surface area contributed by atoms with Crippen molar-refractivity contribution in [3.05, 3.63) is 29.8 Å². The van der Waals surface area contributed by atoms with Crippen LogP contribution in [0.5, 0.6) is 5.75 Å². The van der Waals surface area contributed by atoms with E-state index < -0.39 is 6.04 Å². The fourth-order valence-corrected chi connectivity index (χ4v) is 3.34.